The van der Waals surface area contributed by atoms with E-state index in [0.29, 0.717) is 0 Å². The van der Waals surface area contributed by atoms with Crippen molar-refractivity contribution in [1.29, 1.82) is 0 Å². The van der Waals surface area contributed by atoms with Gasteiger partial charge in [-0.15, -0.1) is 11.3 Å². The van der Waals surface area contributed by atoms with E-state index in [2.05, 4.69) is 168 Å². The van der Waals surface area contributed by atoms with Crippen LogP contribution < -0.4 is 0 Å². The van der Waals surface area contributed by atoms with Crippen molar-refractivity contribution < 1.29 is 0 Å². The first-order chi connectivity index (χ1) is 22.8. The van der Waals surface area contributed by atoms with Gasteiger partial charge in [0.2, 0.25) is 0 Å². The summed E-state index contributed by atoms with van der Waals surface area (Å²) in [5.74, 6) is 0. The van der Waals surface area contributed by atoms with Crippen LogP contribution in [0.4, 0.5) is 0 Å². The fraction of sp³-hybridized carbons (Fsp3) is 0. The van der Waals surface area contributed by atoms with Crippen LogP contribution in [0.25, 0.3) is 91.5 Å². The van der Waals surface area contributed by atoms with Gasteiger partial charge in [-0.05, 0) is 62.7 Å². The molecule has 0 fully saturated rings. The van der Waals surface area contributed by atoms with Gasteiger partial charge in [-0.25, -0.2) is 0 Å². The lowest BCUT2D eigenvalue weighted by Gasteiger charge is -2.13. The Morgan fingerprint density at radius 3 is 1.78 bits per heavy atom. The highest BCUT2D eigenvalue weighted by Gasteiger charge is 2.22. The number of fused-ring (bicyclic) bond motifs is 11. The largest absolute Gasteiger partial charge is 0.307 e. The predicted octanol–water partition coefficient (Wildman–Crippen LogP) is 12.8. The molecule has 0 aliphatic carbocycles. The Morgan fingerprint density at radius 2 is 0.978 bits per heavy atom. The van der Waals surface area contributed by atoms with Crippen LogP contribution in [0.15, 0.2) is 164 Å². The van der Waals surface area contributed by atoms with Crippen molar-refractivity contribution in [2.45, 2.75) is 0 Å². The summed E-state index contributed by atoms with van der Waals surface area (Å²) in [5.41, 5.74) is 8.65. The number of thiophene rings is 1. The normalized spacial score (nSPS) is 11.9. The van der Waals surface area contributed by atoms with Gasteiger partial charge in [0.25, 0.3) is 0 Å². The third kappa shape index (κ3) is 3.68. The molecule has 0 spiro atoms. The van der Waals surface area contributed by atoms with Gasteiger partial charge in [-0.3, -0.25) is 0 Å². The highest BCUT2D eigenvalue weighted by Crippen LogP contribution is 2.48. The van der Waals surface area contributed by atoms with E-state index in [-0.39, 0.29) is 0 Å². The van der Waals surface area contributed by atoms with Gasteiger partial charge in [0, 0.05) is 31.6 Å². The lowest BCUT2D eigenvalue weighted by Crippen LogP contribution is -1.95. The summed E-state index contributed by atoms with van der Waals surface area (Å²) in [7, 11) is 0. The molecule has 0 aliphatic rings. The number of rotatable bonds is 3. The molecule has 0 bridgehead atoms. The smallest absolute Gasteiger partial charge is 0.0726 e. The Balaban J connectivity index is 1.35. The van der Waals surface area contributed by atoms with Crippen LogP contribution in [0.1, 0.15) is 0 Å². The van der Waals surface area contributed by atoms with E-state index in [1.54, 1.807) is 0 Å². The maximum Gasteiger partial charge on any atom is 0.0726 e. The van der Waals surface area contributed by atoms with Crippen molar-refractivity contribution in [2.24, 2.45) is 0 Å². The van der Waals surface area contributed by atoms with Gasteiger partial charge in [0.1, 0.15) is 0 Å². The van der Waals surface area contributed by atoms with Gasteiger partial charge in [-0.1, -0.05) is 140 Å². The first kappa shape index (κ1) is 25.6. The Bertz CT molecular complexity index is 2780. The molecule has 0 saturated carbocycles. The summed E-state index contributed by atoms with van der Waals surface area (Å²) in [6.07, 6.45) is 0. The minimum absolute atomic E-state index is 1.21. The van der Waals surface area contributed by atoms with Gasteiger partial charge in [0.15, 0.2) is 0 Å². The van der Waals surface area contributed by atoms with Crippen molar-refractivity contribution in [2.75, 3.05) is 0 Å². The molecule has 10 aromatic rings. The van der Waals surface area contributed by atoms with Crippen LogP contribution in [-0.2, 0) is 0 Å². The molecule has 0 amide bonds. The predicted molar refractivity (Wildman–Crippen MR) is 200 cm³/mol. The topological polar surface area (TPSA) is 4.93 Å². The standard InChI is InChI=1S/C44H27NS/c1-2-11-28(12-3-1)29-21-23-30(24-22-29)32-25-26-39-37(27-32)41-34-16-6-7-17-35(34)42-36-18-8-9-20-40(36)46-44(42)43(41)45(39)38-19-10-14-31-13-4-5-15-33(31)38/h1-27H. The van der Waals surface area contributed by atoms with E-state index in [1.165, 1.54) is 91.5 Å². The fourth-order valence-electron chi connectivity index (χ4n) is 7.50. The molecule has 2 aromatic heterocycles. The molecular weight excluding hydrogens is 575 g/mol. The van der Waals surface area contributed by atoms with Crippen LogP contribution in [0.3, 0.4) is 0 Å². The first-order valence-electron chi connectivity index (χ1n) is 15.8. The van der Waals surface area contributed by atoms with Crippen molar-refractivity contribution >= 4 is 74.9 Å². The zero-order chi connectivity index (χ0) is 30.2. The lowest BCUT2D eigenvalue weighted by atomic mass is 9.96. The highest BCUT2D eigenvalue weighted by atomic mass is 32.1. The third-order valence-corrected chi connectivity index (χ3v) is 10.8. The Morgan fingerprint density at radius 1 is 0.391 bits per heavy atom. The average Bonchev–Trinajstić information content (AvgIpc) is 3.68. The van der Waals surface area contributed by atoms with E-state index < -0.39 is 0 Å². The summed E-state index contributed by atoms with van der Waals surface area (Å²) in [6, 6.07) is 60.0. The fourth-order valence-corrected chi connectivity index (χ4v) is 8.75. The van der Waals surface area contributed by atoms with Gasteiger partial charge >= 0.3 is 0 Å². The molecule has 0 aliphatic heterocycles. The Labute approximate surface area is 270 Å². The molecule has 0 unspecified atom stereocenters. The average molecular weight is 602 g/mol. The second-order valence-electron chi connectivity index (χ2n) is 12.1. The van der Waals surface area contributed by atoms with Crippen LogP contribution >= 0.6 is 11.3 Å². The second-order valence-corrected chi connectivity index (χ2v) is 13.1. The molecule has 0 radical (unpaired) electrons. The van der Waals surface area contributed by atoms with Crippen LogP contribution in [0.2, 0.25) is 0 Å². The molecule has 1 nitrogen and oxygen atoms in total. The van der Waals surface area contributed by atoms with Gasteiger partial charge < -0.3 is 4.57 Å². The zero-order valence-corrected chi connectivity index (χ0v) is 25.8. The van der Waals surface area contributed by atoms with Crippen molar-refractivity contribution in [3.8, 4) is 27.9 Å². The number of hydrogen-bond acceptors (Lipinski definition) is 1. The third-order valence-electron chi connectivity index (χ3n) is 9.58. The van der Waals surface area contributed by atoms with Crippen LogP contribution in [-0.4, -0.2) is 4.57 Å². The monoisotopic (exact) mass is 601 g/mol. The SMILES string of the molecule is c1ccc(-c2ccc(-c3ccc4c(c3)c3c5ccccc5c5c6ccccc6sc5c3n4-c3cccc4ccccc34)cc2)cc1. The number of aromatic nitrogens is 1. The van der Waals surface area contributed by atoms with E-state index in [0.717, 1.165) is 0 Å². The summed E-state index contributed by atoms with van der Waals surface area (Å²) >= 11 is 1.91. The molecule has 214 valence electrons. The maximum atomic E-state index is 2.54. The summed E-state index contributed by atoms with van der Waals surface area (Å²) in [6.45, 7) is 0. The van der Waals surface area contributed by atoms with Crippen molar-refractivity contribution in [3.05, 3.63) is 164 Å². The summed E-state index contributed by atoms with van der Waals surface area (Å²) in [5, 5.41) is 10.4. The lowest BCUT2D eigenvalue weighted by molar-refractivity contribution is 1.21. The zero-order valence-electron chi connectivity index (χ0n) is 24.9. The molecule has 10 rings (SSSR count). The molecule has 0 saturated heterocycles. The molecule has 46 heavy (non-hydrogen) atoms. The first-order valence-corrected chi connectivity index (χ1v) is 16.6. The number of hydrogen-bond donors (Lipinski definition) is 0. The van der Waals surface area contributed by atoms with Crippen molar-refractivity contribution in [3.63, 3.8) is 0 Å². The Hall–Kier alpha value is -5.70. The van der Waals surface area contributed by atoms with Gasteiger partial charge in [0.05, 0.1) is 21.4 Å². The second kappa shape index (κ2) is 9.90. The quantitative estimate of drug-likeness (QED) is 0.190. The van der Waals surface area contributed by atoms with E-state index in [1.807, 2.05) is 11.3 Å². The van der Waals surface area contributed by atoms with E-state index in [9.17, 15) is 0 Å². The minimum Gasteiger partial charge on any atom is -0.307 e. The molecule has 0 N–H and O–H groups in total. The van der Waals surface area contributed by atoms with Gasteiger partial charge in [-0.2, -0.15) is 0 Å². The number of benzene rings is 8. The van der Waals surface area contributed by atoms with Crippen molar-refractivity contribution in [1.82, 2.24) is 4.57 Å². The van der Waals surface area contributed by atoms with E-state index in [4.69, 9.17) is 0 Å². The minimum atomic E-state index is 1.21. The summed E-state index contributed by atoms with van der Waals surface area (Å²) in [4.78, 5) is 0. The van der Waals surface area contributed by atoms with E-state index >= 15 is 0 Å². The van der Waals surface area contributed by atoms with Crippen LogP contribution in [0.5, 0.6) is 0 Å². The highest BCUT2D eigenvalue weighted by molar-refractivity contribution is 7.27. The molecule has 8 aromatic carbocycles. The van der Waals surface area contributed by atoms with Crippen LogP contribution in [0, 0.1) is 0 Å². The molecular formula is C44H27NS. The Kier molecular flexibility index (Phi) is 5.51. The molecule has 2 heteroatoms. The maximum absolute atomic E-state index is 2.54. The molecule has 2 heterocycles. The molecule has 0 atom stereocenters. The summed E-state index contributed by atoms with van der Waals surface area (Å²) < 4.78 is 5.20. The number of nitrogens with zero attached hydrogens (tertiary/aromatic N) is 1.